The maximum Gasteiger partial charge on any atom is 0.145 e. The van der Waals surface area contributed by atoms with Gasteiger partial charge >= 0.3 is 0 Å². The van der Waals surface area contributed by atoms with E-state index in [0.717, 1.165) is 31.1 Å². The van der Waals surface area contributed by atoms with Crippen LogP contribution in [0.5, 0.6) is 0 Å². The van der Waals surface area contributed by atoms with Crippen LogP contribution < -0.4 is 0 Å². The molecule has 2 aliphatic rings. The lowest BCUT2D eigenvalue weighted by Crippen LogP contribution is -2.14. The van der Waals surface area contributed by atoms with E-state index in [1.807, 2.05) is 0 Å². The Balaban J connectivity index is 2.32. The summed E-state index contributed by atoms with van der Waals surface area (Å²) in [5.41, 5.74) is 4.69. The molecule has 1 atom stereocenters. The Morgan fingerprint density at radius 3 is 2.69 bits per heavy atom. The van der Waals surface area contributed by atoms with Crippen LogP contribution in [0, 0.1) is 11.3 Å². The average molecular weight is 218 g/mol. The summed E-state index contributed by atoms with van der Waals surface area (Å²) < 4.78 is 0. The van der Waals surface area contributed by atoms with Crippen molar-refractivity contribution in [3.63, 3.8) is 0 Å². The normalized spacial score (nSPS) is 30.1. The van der Waals surface area contributed by atoms with E-state index < -0.39 is 0 Å². The molecule has 0 heterocycles. The molecule has 0 N–H and O–H groups in total. The second-order valence-corrected chi connectivity index (χ2v) is 5.82. The van der Waals surface area contributed by atoms with Gasteiger partial charge in [0.05, 0.1) is 0 Å². The number of carbonyl (C=O) groups excluding carboxylic acids is 1. The Bertz CT molecular complexity index is 360. The lowest BCUT2D eigenvalue weighted by atomic mass is 9.79. The van der Waals surface area contributed by atoms with E-state index >= 15 is 0 Å². The number of hydrogen-bond donors (Lipinski definition) is 0. The molecule has 0 bridgehead atoms. The van der Waals surface area contributed by atoms with Gasteiger partial charge in [-0.15, -0.1) is 0 Å². The molecular weight excluding hydrogens is 196 g/mol. The molecule has 0 aliphatic heterocycles. The van der Waals surface area contributed by atoms with Crippen LogP contribution in [0.1, 0.15) is 52.9 Å². The van der Waals surface area contributed by atoms with Gasteiger partial charge < -0.3 is 0 Å². The first kappa shape index (κ1) is 11.6. The molecule has 0 aromatic carbocycles. The number of allylic oxidation sites excluding steroid dienone is 4. The van der Waals surface area contributed by atoms with Gasteiger partial charge in [0, 0.05) is 0 Å². The van der Waals surface area contributed by atoms with Gasteiger partial charge in [0.25, 0.3) is 0 Å². The summed E-state index contributed by atoms with van der Waals surface area (Å²) in [4.78, 5) is 10.9. The summed E-state index contributed by atoms with van der Waals surface area (Å²) in [7, 11) is 0. The van der Waals surface area contributed by atoms with Crippen molar-refractivity contribution in [3.05, 3.63) is 22.8 Å². The van der Waals surface area contributed by atoms with Gasteiger partial charge in [-0.1, -0.05) is 38.0 Å². The highest BCUT2D eigenvalue weighted by Crippen LogP contribution is 2.51. The van der Waals surface area contributed by atoms with Gasteiger partial charge in [-0.25, -0.2) is 0 Å². The van der Waals surface area contributed by atoms with E-state index in [2.05, 4.69) is 26.8 Å². The van der Waals surface area contributed by atoms with Gasteiger partial charge in [0.15, 0.2) is 0 Å². The van der Waals surface area contributed by atoms with Crippen molar-refractivity contribution in [2.75, 3.05) is 0 Å². The lowest BCUT2D eigenvalue weighted by Gasteiger charge is -2.26. The third-order valence-corrected chi connectivity index (χ3v) is 4.39. The summed E-state index contributed by atoms with van der Waals surface area (Å²) in [6.07, 6.45) is 8.88. The molecule has 2 rings (SSSR count). The number of hydrogen-bond acceptors (Lipinski definition) is 1. The molecular formula is C15H22O. The predicted octanol–water partition coefficient (Wildman–Crippen LogP) is 4.05. The zero-order valence-corrected chi connectivity index (χ0v) is 10.7. The van der Waals surface area contributed by atoms with Crippen molar-refractivity contribution in [1.29, 1.82) is 0 Å². The zero-order valence-electron chi connectivity index (χ0n) is 10.7. The molecule has 0 saturated carbocycles. The standard InChI is InChI=1S/C15H22O/c1-11(2)13-7-9-15(3)8-6-12(10-16)4-5-14(13)15/h6,10-11H,4-5,7-9H2,1-3H3/t15-/m1/s1. The second-order valence-electron chi connectivity index (χ2n) is 5.82. The van der Waals surface area contributed by atoms with Crippen LogP contribution in [0.3, 0.4) is 0 Å². The van der Waals surface area contributed by atoms with Crippen LogP contribution in [0.2, 0.25) is 0 Å². The van der Waals surface area contributed by atoms with Crippen molar-refractivity contribution in [1.82, 2.24) is 0 Å². The topological polar surface area (TPSA) is 17.1 Å². The second kappa shape index (κ2) is 4.20. The van der Waals surface area contributed by atoms with E-state index in [9.17, 15) is 4.79 Å². The monoisotopic (exact) mass is 218 g/mol. The zero-order chi connectivity index (χ0) is 11.8. The minimum Gasteiger partial charge on any atom is -0.298 e. The maximum absolute atomic E-state index is 10.9. The summed E-state index contributed by atoms with van der Waals surface area (Å²) in [5, 5.41) is 0. The molecule has 1 heteroatoms. The van der Waals surface area contributed by atoms with Crippen molar-refractivity contribution >= 4 is 6.29 Å². The van der Waals surface area contributed by atoms with Gasteiger partial charge in [0.2, 0.25) is 0 Å². The van der Waals surface area contributed by atoms with Crippen LogP contribution in [-0.2, 0) is 4.79 Å². The average Bonchev–Trinajstić information content (AvgIpc) is 2.48. The summed E-state index contributed by atoms with van der Waals surface area (Å²) in [6, 6.07) is 0. The van der Waals surface area contributed by atoms with Crippen molar-refractivity contribution in [3.8, 4) is 0 Å². The molecule has 0 radical (unpaired) electrons. The fraction of sp³-hybridized carbons (Fsp3) is 0.667. The van der Waals surface area contributed by atoms with Crippen molar-refractivity contribution in [2.24, 2.45) is 11.3 Å². The Morgan fingerprint density at radius 2 is 2.06 bits per heavy atom. The first-order valence-electron chi connectivity index (χ1n) is 6.43. The van der Waals surface area contributed by atoms with Gasteiger partial charge in [-0.2, -0.15) is 0 Å². The Kier molecular flexibility index (Phi) is 3.05. The Morgan fingerprint density at radius 1 is 1.31 bits per heavy atom. The fourth-order valence-electron chi connectivity index (χ4n) is 3.26. The number of carbonyl (C=O) groups is 1. The predicted molar refractivity (Wildman–Crippen MR) is 67.2 cm³/mol. The number of fused-ring (bicyclic) bond motifs is 1. The maximum atomic E-state index is 10.9. The Hall–Kier alpha value is -0.850. The van der Waals surface area contributed by atoms with E-state index in [4.69, 9.17) is 0 Å². The van der Waals surface area contributed by atoms with Crippen molar-refractivity contribution < 1.29 is 4.79 Å². The fourth-order valence-corrected chi connectivity index (χ4v) is 3.26. The minimum absolute atomic E-state index is 0.352. The third-order valence-electron chi connectivity index (χ3n) is 4.39. The summed E-state index contributed by atoms with van der Waals surface area (Å²) >= 11 is 0. The molecule has 0 fully saturated rings. The van der Waals surface area contributed by atoms with Crippen LogP contribution in [-0.4, -0.2) is 6.29 Å². The Labute approximate surface area is 98.6 Å². The number of aldehydes is 1. The largest absolute Gasteiger partial charge is 0.298 e. The highest BCUT2D eigenvalue weighted by atomic mass is 16.1. The van der Waals surface area contributed by atoms with Crippen LogP contribution >= 0.6 is 0 Å². The minimum atomic E-state index is 0.352. The molecule has 1 nitrogen and oxygen atoms in total. The number of rotatable bonds is 2. The van der Waals surface area contributed by atoms with Crippen LogP contribution in [0.4, 0.5) is 0 Å². The molecule has 88 valence electrons. The smallest absolute Gasteiger partial charge is 0.145 e. The van der Waals surface area contributed by atoms with E-state index in [1.54, 1.807) is 11.1 Å². The van der Waals surface area contributed by atoms with E-state index in [1.165, 1.54) is 12.8 Å². The molecule has 16 heavy (non-hydrogen) atoms. The van der Waals surface area contributed by atoms with Gasteiger partial charge in [-0.05, 0) is 49.0 Å². The molecule has 0 unspecified atom stereocenters. The molecule has 0 aromatic rings. The molecule has 0 aromatic heterocycles. The highest BCUT2D eigenvalue weighted by molar-refractivity contribution is 5.73. The van der Waals surface area contributed by atoms with Gasteiger partial charge in [-0.3, -0.25) is 4.79 Å². The highest BCUT2D eigenvalue weighted by Gasteiger charge is 2.37. The summed E-state index contributed by atoms with van der Waals surface area (Å²) in [6.45, 7) is 6.97. The van der Waals surface area contributed by atoms with Gasteiger partial charge in [0.1, 0.15) is 6.29 Å². The summed E-state index contributed by atoms with van der Waals surface area (Å²) in [5.74, 6) is 0.676. The van der Waals surface area contributed by atoms with E-state index in [-0.39, 0.29) is 0 Å². The van der Waals surface area contributed by atoms with Crippen molar-refractivity contribution in [2.45, 2.75) is 52.9 Å². The van der Waals surface area contributed by atoms with Crippen LogP contribution in [0.15, 0.2) is 22.8 Å². The lowest BCUT2D eigenvalue weighted by molar-refractivity contribution is -0.105. The van der Waals surface area contributed by atoms with E-state index in [0.29, 0.717) is 11.3 Å². The third kappa shape index (κ3) is 1.88. The first-order valence-corrected chi connectivity index (χ1v) is 6.43. The molecule has 0 amide bonds. The SMILES string of the molecule is CC(C)C1=C2CCC(C=O)=CC[C@]2(C)CC1. The molecule has 0 saturated heterocycles. The first-order chi connectivity index (χ1) is 7.57. The quantitative estimate of drug-likeness (QED) is 0.505. The molecule has 0 spiro atoms. The van der Waals surface area contributed by atoms with Crippen LogP contribution in [0.25, 0.3) is 0 Å². The molecule has 2 aliphatic carbocycles.